The zero-order chi connectivity index (χ0) is 34.8. The first-order chi connectivity index (χ1) is 21.0. The Morgan fingerprint density at radius 3 is 1.80 bits per heavy atom. The molecule has 3 aromatic carbocycles. The molecule has 46 heavy (non-hydrogen) atoms. The average molecular weight is 855 g/mol. The normalized spacial score (nSPS) is 12.8. The Bertz CT molecular complexity index is 1480. The predicted octanol–water partition coefficient (Wildman–Crippen LogP) is 11.2. The quantitative estimate of drug-likeness (QED) is 0.184. The van der Waals surface area contributed by atoms with E-state index in [2.05, 4.69) is 140 Å². The van der Waals surface area contributed by atoms with E-state index >= 15 is 0 Å². The fraction of sp³-hybridized carbons (Fsp3) is 0.513. The minimum atomic E-state index is -0.845. The summed E-state index contributed by atoms with van der Waals surface area (Å²) >= 11 is 4.58. The van der Waals surface area contributed by atoms with Crippen LogP contribution in [0.3, 0.4) is 0 Å². The first-order valence-corrected chi connectivity index (χ1v) is 18.1. The molecule has 0 amide bonds. The Hall–Kier alpha value is -1.69. The van der Waals surface area contributed by atoms with Crippen LogP contribution in [0.2, 0.25) is 0 Å². The molecule has 1 N–H and O–H groups in total. The molecular formula is C39H52I2O5. The van der Waals surface area contributed by atoms with E-state index in [1.165, 1.54) is 16.7 Å². The SMILES string of the molecule is Cc1cc(CC(=O)O)cc(I)c1Oc1cc(C)c(C(C)(C)OCCC(C)(C)OCc2cc(C(C)(C)C)cc(C(C)(C)C)c2)c(I)c1. The summed E-state index contributed by atoms with van der Waals surface area (Å²) in [6.07, 6.45) is 0.749. The Kier molecular flexibility index (Phi) is 12.5. The number of halogens is 2. The second-order valence-electron chi connectivity index (χ2n) is 15.6. The van der Waals surface area contributed by atoms with Crippen LogP contribution >= 0.6 is 45.2 Å². The summed E-state index contributed by atoms with van der Waals surface area (Å²) in [5, 5.41) is 9.18. The van der Waals surface area contributed by atoms with E-state index in [1.54, 1.807) is 0 Å². The van der Waals surface area contributed by atoms with E-state index in [0.29, 0.717) is 13.2 Å². The average Bonchev–Trinajstić information content (AvgIpc) is 2.87. The summed E-state index contributed by atoms with van der Waals surface area (Å²) in [7, 11) is 0. The lowest BCUT2D eigenvalue weighted by atomic mass is 9.79. The van der Waals surface area contributed by atoms with Gasteiger partial charge in [-0.05, 0) is 161 Å². The molecule has 0 spiro atoms. The number of hydrogen-bond acceptors (Lipinski definition) is 4. The summed E-state index contributed by atoms with van der Waals surface area (Å²) in [5.74, 6) is 0.644. The van der Waals surface area contributed by atoms with Crippen LogP contribution < -0.4 is 4.74 Å². The van der Waals surface area contributed by atoms with E-state index in [0.717, 1.165) is 47.3 Å². The number of aryl methyl sites for hydroxylation is 2. The summed E-state index contributed by atoms with van der Waals surface area (Å²) in [6, 6.07) is 14.8. The Morgan fingerprint density at radius 1 is 0.717 bits per heavy atom. The molecule has 3 rings (SSSR count). The zero-order valence-electron chi connectivity index (χ0n) is 29.7. The van der Waals surface area contributed by atoms with Crippen LogP contribution in [0.4, 0.5) is 0 Å². The second kappa shape index (κ2) is 14.8. The Balaban J connectivity index is 1.69. The van der Waals surface area contributed by atoms with Crippen molar-refractivity contribution in [1.82, 2.24) is 0 Å². The van der Waals surface area contributed by atoms with Crippen molar-refractivity contribution < 1.29 is 24.1 Å². The highest BCUT2D eigenvalue weighted by molar-refractivity contribution is 14.1. The van der Waals surface area contributed by atoms with Gasteiger partial charge in [-0.1, -0.05) is 65.8 Å². The van der Waals surface area contributed by atoms with Crippen LogP contribution in [0, 0.1) is 21.0 Å². The fourth-order valence-electron chi connectivity index (χ4n) is 5.48. The van der Waals surface area contributed by atoms with Gasteiger partial charge >= 0.3 is 5.97 Å². The molecule has 0 saturated heterocycles. The van der Waals surface area contributed by atoms with Crippen LogP contribution in [0.1, 0.15) is 115 Å². The fourth-order valence-corrected chi connectivity index (χ4v) is 7.79. The van der Waals surface area contributed by atoms with Crippen molar-refractivity contribution in [1.29, 1.82) is 0 Å². The van der Waals surface area contributed by atoms with Crippen molar-refractivity contribution in [2.45, 2.75) is 125 Å². The van der Waals surface area contributed by atoms with E-state index < -0.39 is 11.6 Å². The van der Waals surface area contributed by atoms with Gasteiger partial charge in [-0.15, -0.1) is 0 Å². The molecule has 0 aliphatic carbocycles. The minimum absolute atomic E-state index is 0.00911. The van der Waals surface area contributed by atoms with Gasteiger partial charge in [0.05, 0.1) is 34.4 Å². The van der Waals surface area contributed by atoms with Gasteiger partial charge in [0.15, 0.2) is 0 Å². The van der Waals surface area contributed by atoms with Crippen molar-refractivity contribution in [3.63, 3.8) is 0 Å². The molecular weight excluding hydrogens is 802 g/mol. The highest BCUT2D eigenvalue weighted by Crippen LogP contribution is 2.38. The van der Waals surface area contributed by atoms with E-state index in [-0.39, 0.29) is 22.9 Å². The van der Waals surface area contributed by atoms with Gasteiger partial charge in [0.1, 0.15) is 11.5 Å². The summed E-state index contributed by atoms with van der Waals surface area (Å²) in [4.78, 5) is 11.2. The number of aliphatic carboxylic acids is 1. The maximum Gasteiger partial charge on any atom is 0.307 e. The molecule has 252 valence electrons. The summed E-state index contributed by atoms with van der Waals surface area (Å²) < 4.78 is 21.4. The Morgan fingerprint density at radius 2 is 1.30 bits per heavy atom. The molecule has 0 bridgehead atoms. The van der Waals surface area contributed by atoms with Gasteiger partial charge in [-0.2, -0.15) is 0 Å². The van der Waals surface area contributed by atoms with Crippen LogP contribution in [0.5, 0.6) is 11.5 Å². The number of rotatable bonds is 12. The number of carbonyl (C=O) groups is 1. The number of carboxylic acid groups (broad SMARTS) is 1. The van der Waals surface area contributed by atoms with E-state index in [4.69, 9.17) is 14.2 Å². The largest absolute Gasteiger partial charge is 0.481 e. The third-order valence-corrected chi connectivity index (χ3v) is 9.90. The van der Waals surface area contributed by atoms with Crippen LogP contribution in [0.15, 0.2) is 42.5 Å². The molecule has 0 aliphatic rings. The number of benzene rings is 3. The lowest BCUT2D eigenvalue weighted by molar-refractivity contribution is -0.136. The molecule has 0 saturated carbocycles. The molecule has 0 atom stereocenters. The van der Waals surface area contributed by atoms with Crippen molar-refractivity contribution in [3.05, 3.63) is 88.5 Å². The number of hydrogen-bond donors (Lipinski definition) is 1. The second-order valence-corrected chi connectivity index (χ2v) is 17.9. The van der Waals surface area contributed by atoms with Gasteiger partial charge in [0, 0.05) is 3.57 Å². The Labute approximate surface area is 304 Å². The molecule has 5 nitrogen and oxygen atoms in total. The lowest BCUT2D eigenvalue weighted by Crippen LogP contribution is -2.30. The minimum Gasteiger partial charge on any atom is -0.481 e. The van der Waals surface area contributed by atoms with Gasteiger partial charge in [-0.25, -0.2) is 0 Å². The van der Waals surface area contributed by atoms with Gasteiger partial charge in [0.25, 0.3) is 0 Å². The van der Waals surface area contributed by atoms with Crippen molar-refractivity contribution >= 4 is 51.2 Å². The van der Waals surface area contributed by atoms with Crippen LogP contribution in [-0.4, -0.2) is 23.3 Å². The summed E-state index contributed by atoms with van der Waals surface area (Å²) in [6.45, 7) is 27.2. The highest BCUT2D eigenvalue weighted by Gasteiger charge is 2.29. The molecule has 0 aliphatic heterocycles. The topological polar surface area (TPSA) is 65.0 Å². The molecule has 0 fully saturated rings. The smallest absolute Gasteiger partial charge is 0.307 e. The third-order valence-electron chi connectivity index (χ3n) is 8.25. The number of ether oxygens (including phenoxy) is 3. The monoisotopic (exact) mass is 854 g/mol. The summed E-state index contributed by atoms with van der Waals surface area (Å²) in [5.41, 5.74) is 7.04. The van der Waals surface area contributed by atoms with Crippen LogP contribution in [0.25, 0.3) is 0 Å². The standard InChI is InChI=1S/C39H52I2O5/c1-24-16-30(46-35-25(2)15-26(19-32(35)41)20-33(42)43)22-31(40)34(24)39(11,12)44-14-13-38(9,10)45-23-27-17-28(36(3,4)5)21-29(18-27)37(6,7)8/h15-19,21-22H,13-14,20,23H2,1-12H3,(H,42,43). The third kappa shape index (κ3) is 10.7. The van der Waals surface area contributed by atoms with Crippen molar-refractivity contribution in [2.24, 2.45) is 0 Å². The van der Waals surface area contributed by atoms with Gasteiger partial charge in [0.2, 0.25) is 0 Å². The zero-order valence-corrected chi connectivity index (χ0v) is 34.0. The molecule has 3 aromatic rings. The van der Waals surface area contributed by atoms with Crippen molar-refractivity contribution in [2.75, 3.05) is 6.61 Å². The van der Waals surface area contributed by atoms with Gasteiger partial charge < -0.3 is 19.3 Å². The van der Waals surface area contributed by atoms with E-state index in [1.807, 2.05) is 31.2 Å². The van der Waals surface area contributed by atoms with Crippen molar-refractivity contribution in [3.8, 4) is 11.5 Å². The molecule has 0 heterocycles. The predicted molar refractivity (Wildman–Crippen MR) is 206 cm³/mol. The molecule has 0 aromatic heterocycles. The molecule has 0 unspecified atom stereocenters. The molecule has 7 heteroatoms. The highest BCUT2D eigenvalue weighted by atomic mass is 127. The van der Waals surface area contributed by atoms with Crippen LogP contribution in [-0.2, 0) is 43.7 Å². The first-order valence-electron chi connectivity index (χ1n) is 15.9. The van der Waals surface area contributed by atoms with Gasteiger partial charge in [-0.3, -0.25) is 4.79 Å². The molecule has 0 radical (unpaired) electrons. The lowest BCUT2D eigenvalue weighted by Gasteiger charge is -2.32. The first kappa shape index (κ1) is 38.8. The van der Waals surface area contributed by atoms with E-state index in [9.17, 15) is 9.90 Å². The maximum atomic E-state index is 11.2. The number of carboxylic acids is 1. The maximum absolute atomic E-state index is 11.2.